The molecule has 0 aliphatic carbocycles. The number of hydrogen-bond acceptors (Lipinski definition) is 5. The maximum absolute atomic E-state index is 13.2. The number of rotatable bonds is 5. The molecule has 0 saturated heterocycles. The second-order valence-electron chi connectivity index (χ2n) is 5.75. The van der Waals surface area contributed by atoms with Gasteiger partial charge in [-0.1, -0.05) is 48.2 Å². The number of nitrogens with zero attached hydrogens (tertiary/aromatic N) is 4. The van der Waals surface area contributed by atoms with Crippen LogP contribution in [0.25, 0.3) is 16.5 Å². The number of benzene rings is 3. The number of halogens is 1. The van der Waals surface area contributed by atoms with Crippen molar-refractivity contribution in [2.24, 2.45) is 0 Å². The van der Waals surface area contributed by atoms with Gasteiger partial charge in [0, 0.05) is 5.69 Å². The van der Waals surface area contributed by atoms with Crippen LogP contribution in [-0.4, -0.2) is 31.9 Å². The van der Waals surface area contributed by atoms with Gasteiger partial charge in [0.1, 0.15) is 5.82 Å². The van der Waals surface area contributed by atoms with Crippen LogP contribution in [0, 0.1) is 5.82 Å². The van der Waals surface area contributed by atoms with Crippen molar-refractivity contribution in [3.8, 4) is 5.69 Å². The Hall–Kier alpha value is -3.26. The van der Waals surface area contributed by atoms with Gasteiger partial charge in [-0.15, -0.1) is 5.10 Å². The Morgan fingerprint density at radius 2 is 1.89 bits per heavy atom. The number of carbonyl (C=O) groups is 1. The Balaban J connectivity index is 1.47. The fraction of sp³-hybridized carbons (Fsp3) is 0.0526. The summed E-state index contributed by atoms with van der Waals surface area (Å²) in [7, 11) is 0. The van der Waals surface area contributed by atoms with Crippen LogP contribution in [0.15, 0.2) is 71.9 Å². The van der Waals surface area contributed by atoms with Gasteiger partial charge in [0.25, 0.3) is 0 Å². The number of anilines is 1. The molecular formula is C19H14FN5OS. The van der Waals surface area contributed by atoms with E-state index in [9.17, 15) is 9.18 Å². The van der Waals surface area contributed by atoms with Gasteiger partial charge in [-0.2, -0.15) is 4.68 Å². The van der Waals surface area contributed by atoms with Crippen molar-refractivity contribution in [1.82, 2.24) is 20.2 Å². The maximum atomic E-state index is 13.2. The van der Waals surface area contributed by atoms with Gasteiger partial charge in [-0.25, -0.2) is 4.39 Å². The topological polar surface area (TPSA) is 72.7 Å². The molecule has 1 aromatic heterocycles. The van der Waals surface area contributed by atoms with E-state index in [-0.39, 0.29) is 11.7 Å². The molecule has 0 fully saturated rings. The summed E-state index contributed by atoms with van der Waals surface area (Å²) in [5.41, 5.74) is 1.22. The lowest BCUT2D eigenvalue weighted by molar-refractivity contribution is -0.113. The van der Waals surface area contributed by atoms with Gasteiger partial charge < -0.3 is 5.32 Å². The highest BCUT2D eigenvalue weighted by Crippen LogP contribution is 2.22. The van der Waals surface area contributed by atoms with E-state index in [1.165, 1.54) is 23.9 Å². The molecule has 1 amide bonds. The SMILES string of the molecule is O=C(CSc1nnnn1-c1ccc2ccccc2c1)Nc1cccc(F)c1. The van der Waals surface area contributed by atoms with Crippen LogP contribution in [-0.2, 0) is 4.79 Å². The number of thioether (sulfide) groups is 1. The number of fused-ring (bicyclic) bond motifs is 1. The summed E-state index contributed by atoms with van der Waals surface area (Å²) in [6, 6.07) is 19.7. The fourth-order valence-electron chi connectivity index (χ4n) is 2.63. The Morgan fingerprint density at radius 3 is 2.74 bits per heavy atom. The van der Waals surface area contributed by atoms with Gasteiger partial charge in [0.2, 0.25) is 11.1 Å². The predicted octanol–water partition coefficient (Wildman–Crippen LogP) is 3.69. The third-order valence-electron chi connectivity index (χ3n) is 3.86. The van der Waals surface area contributed by atoms with Crippen LogP contribution < -0.4 is 5.32 Å². The van der Waals surface area contributed by atoms with E-state index in [0.29, 0.717) is 10.8 Å². The molecule has 3 aromatic carbocycles. The van der Waals surface area contributed by atoms with E-state index in [1.807, 2.05) is 42.5 Å². The molecule has 1 heterocycles. The standard InChI is InChI=1S/C19H14FN5OS/c20-15-6-3-7-16(11-15)21-18(26)12-27-19-22-23-24-25(19)17-9-8-13-4-1-2-5-14(13)10-17/h1-11H,12H2,(H,21,26). The van der Waals surface area contributed by atoms with Crippen LogP contribution >= 0.6 is 11.8 Å². The summed E-state index contributed by atoms with van der Waals surface area (Å²) in [6.07, 6.45) is 0. The molecule has 0 aliphatic rings. The largest absolute Gasteiger partial charge is 0.325 e. The minimum Gasteiger partial charge on any atom is -0.325 e. The summed E-state index contributed by atoms with van der Waals surface area (Å²) < 4.78 is 14.8. The van der Waals surface area contributed by atoms with Crippen LogP contribution in [0.5, 0.6) is 0 Å². The predicted molar refractivity (Wildman–Crippen MR) is 102 cm³/mol. The zero-order valence-electron chi connectivity index (χ0n) is 14.0. The summed E-state index contributed by atoms with van der Waals surface area (Å²) >= 11 is 1.21. The molecule has 4 rings (SSSR count). The number of hydrogen-bond donors (Lipinski definition) is 1. The average molecular weight is 379 g/mol. The monoisotopic (exact) mass is 379 g/mol. The Morgan fingerprint density at radius 1 is 1.04 bits per heavy atom. The van der Waals surface area contributed by atoms with E-state index >= 15 is 0 Å². The van der Waals surface area contributed by atoms with Crippen LogP contribution in [0.4, 0.5) is 10.1 Å². The molecule has 134 valence electrons. The average Bonchev–Trinajstić information content (AvgIpc) is 3.15. The first-order valence-electron chi connectivity index (χ1n) is 8.15. The lowest BCUT2D eigenvalue weighted by atomic mass is 10.1. The summed E-state index contributed by atoms with van der Waals surface area (Å²) in [5.74, 6) is -0.566. The Bertz CT molecular complexity index is 1110. The van der Waals surface area contributed by atoms with E-state index in [4.69, 9.17) is 0 Å². The molecule has 0 radical (unpaired) electrons. The molecule has 0 saturated carbocycles. The Kier molecular flexibility index (Phi) is 4.80. The minimum atomic E-state index is -0.402. The second-order valence-corrected chi connectivity index (χ2v) is 6.69. The highest BCUT2D eigenvalue weighted by Gasteiger charge is 2.12. The minimum absolute atomic E-state index is 0.102. The molecule has 0 atom stereocenters. The molecule has 0 unspecified atom stereocenters. The third kappa shape index (κ3) is 3.95. The van der Waals surface area contributed by atoms with Gasteiger partial charge >= 0.3 is 0 Å². The van der Waals surface area contributed by atoms with E-state index in [2.05, 4.69) is 20.8 Å². The number of amides is 1. The zero-order chi connectivity index (χ0) is 18.6. The first-order chi connectivity index (χ1) is 13.2. The molecule has 0 bridgehead atoms. The number of aromatic nitrogens is 4. The molecule has 27 heavy (non-hydrogen) atoms. The highest BCUT2D eigenvalue weighted by molar-refractivity contribution is 7.99. The molecule has 8 heteroatoms. The van der Waals surface area contributed by atoms with E-state index in [1.54, 1.807) is 16.8 Å². The lowest BCUT2D eigenvalue weighted by Gasteiger charge is -2.07. The normalized spacial score (nSPS) is 10.9. The smallest absolute Gasteiger partial charge is 0.234 e. The Labute approximate surface area is 158 Å². The van der Waals surface area contributed by atoms with Crippen LogP contribution in [0.3, 0.4) is 0 Å². The number of carbonyl (C=O) groups excluding carboxylic acids is 1. The quantitative estimate of drug-likeness (QED) is 0.536. The van der Waals surface area contributed by atoms with Crippen molar-refractivity contribution in [3.05, 3.63) is 72.5 Å². The van der Waals surface area contributed by atoms with Gasteiger partial charge in [-0.3, -0.25) is 4.79 Å². The van der Waals surface area contributed by atoms with Gasteiger partial charge in [0.05, 0.1) is 11.4 Å². The van der Waals surface area contributed by atoms with Crippen LogP contribution in [0.2, 0.25) is 0 Å². The summed E-state index contributed by atoms with van der Waals surface area (Å²) in [4.78, 5) is 12.1. The molecule has 1 N–H and O–H groups in total. The van der Waals surface area contributed by atoms with Gasteiger partial charge in [-0.05, 0) is 51.5 Å². The third-order valence-corrected chi connectivity index (χ3v) is 4.78. The first-order valence-corrected chi connectivity index (χ1v) is 9.13. The summed E-state index contributed by atoms with van der Waals surface area (Å²) in [6.45, 7) is 0. The maximum Gasteiger partial charge on any atom is 0.234 e. The zero-order valence-corrected chi connectivity index (χ0v) is 14.9. The van der Waals surface area contributed by atoms with Crippen molar-refractivity contribution in [2.45, 2.75) is 5.16 Å². The van der Waals surface area contributed by atoms with Gasteiger partial charge in [0.15, 0.2) is 0 Å². The second kappa shape index (κ2) is 7.55. The lowest BCUT2D eigenvalue weighted by Crippen LogP contribution is -2.14. The molecule has 0 spiro atoms. The first kappa shape index (κ1) is 17.2. The molecular weight excluding hydrogens is 365 g/mol. The van der Waals surface area contributed by atoms with Crippen molar-refractivity contribution in [3.63, 3.8) is 0 Å². The molecule has 4 aromatic rings. The van der Waals surface area contributed by atoms with E-state index in [0.717, 1.165) is 16.5 Å². The van der Waals surface area contributed by atoms with Crippen molar-refractivity contribution in [2.75, 3.05) is 11.1 Å². The highest BCUT2D eigenvalue weighted by atomic mass is 32.2. The molecule has 0 aliphatic heterocycles. The fourth-order valence-corrected chi connectivity index (χ4v) is 3.32. The number of nitrogens with one attached hydrogen (secondary N) is 1. The number of tetrazole rings is 1. The van der Waals surface area contributed by atoms with Crippen molar-refractivity contribution >= 4 is 34.1 Å². The van der Waals surface area contributed by atoms with E-state index < -0.39 is 5.82 Å². The van der Waals surface area contributed by atoms with Crippen LogP contribution in [0.1, 0.15) is 0 Å². The van der Waals surface area contributed by atoms with Crippen molar-refractivity contribution in [1.29, 1.82) is 0 Å². The molecule has 6 nitrogen and oxygen atoms in total. The van der Waals surface area contributed by atoms with Crippen molar-refractivity contribution < 1.29 is 9.18 Å². The summed E-state index contributed by atoms with van der Waals surface area (Å²) in [5, 5.41) is 17.1.